The molecule has 0 N–H and O–H groups in total. The van der Waals surface area contributed by atoms with Gasteiger partial charge in [-0.25, -0.2) is 5.06 Å². The summed E-state index contributed by atoms with van der Waals surface area (Å²) in [7, 11) is 1.43. The normalized spacial score (nSPS) is 15.9. The lowest BCUT2D eigenvalue weighted by molar-refractivity contribution is -0.189. The third-order valence-electron chi connectivity index (χ3n) is 4.01. The summed E-state index contributed by atoms with van der Waals surface area (Å²) in [4.78, 5) is 20.7. The number of hydrogen-bond donors (Lipinski definition) is 0. The molecule has 1 aromatic carbocycles. The third kappa shape index (κ3) is 3.65. The van der Waals surface area contributed by atoms with Crippen molar-refractivity contribution in [2.45, 2.75) is 32.0 Å². The molecular weight excluding hydrogens is 339 g/mol. The largest absolute Gasteiger partial charge is 0.471 e. The Labute approximate surface area is 141 Å². The quantitative estimate of drug-likeness (QED) is 0.767. The first-order chi connectivity index (χ1) is 11.8. The van der Waals surface area contributed by atoms with Gasteiger partial charge in [-0.2, -0.15) is 18.2 Å². The molecule has 25 heavy (non-hydrogen) atoms. The van der Waals surface area contributed by atoms with E-state index in [0.717, 1.165) is 18.4 Å². The van der Waals surface area contributed by atoms with E-state index in [0.29, 0.717) is 5.56 Å². The minimum Gasteiger partial charge on any atom is -0.329 e. The zero-order valence-corrected chi connectivity index (χ0v) is 13.6. The van der Waals surface area contributed by atoms with Crippen LogP contribution in [0.1, 0.15) is 37.3 Å². The molecule has 0 spiro atoms. The van der Waals surface area contributed by atoms with Gasteiger partial charge in [-0.1, -0.05) is 29.4 Å². The third-order valence-corrected chi connectivity index (χ3v) is 4.01. The Hall–Kier alpha value is -2.42. The molecule has 134 valence electrons. The van der Waals surface area contributed by atoms with Gasteiger partial charge in [-0.15, -0.1) is 0 Å². The number of alkyl halides is 3. The van der Waals surface area contributed by atoms with Crippen molar-refractivity contribution in [3.8, 4) is 11.4 Å². The summed E-state index contributed by atoms with van der Waals surface area (Å²) in [5.41, 5.74) is 1.16. The molecule has 6 nitrogen and oxygen atoms in total. The Bertz CT molecular complexity index is 754. The summed E-state index contributed by atoms with van der Waals surface area (Å²) >= 11 is 0. The van der Waals surface area contributed by atoms with Crippen LogP contribution >= 0.6 is 0 Å². The highest BCUT2D eigenvalue weighted by Gasteiger charge is 2.38. The van der Waals surface area contributed by atoms with E-state index >= 15 is 0 Å². The van der Waals surface area contributed by atoms with Crippen LogP contribution < -0.4 is 0 Å². The molecule has 9 heteroatoms. The summed E-state index contributed by atoms with van der Waals surface area (Å²) in [6, 6.07) is 6.20. The van der Waals surface area contributed by atoms with Gasteiger partial charge in [0.15, 0.2) is 0 Å². The highest BCUT2D eigenvalue weighted by molar-refractivity contribution is 5.80. The van der Waals surface area contributed by atoms with E-state index in [9.17, 15) is 18.0 Å². The second kappa shape index (κ2) is 6.47. The fraction of sp³-hybridized carbons (Fsp3) is 0.438. The maximum Gasteiger partial charge on any atom is 0.471 e. The van der Waals surface area contributed by atoms with Crippen LogP contribution in [0.5, 0.6) is 0 Å². The van der Waals surface area contributed by atoms with Crippen LogP contribution in [-0.2, 0) is 15.8 Å². The van der Waals surface area contributed by atoms with Gasteiger partial charge >= 0.3 is 12.1 Å². The number of nitrogens with zero attached hydrogens (tertiary/aromatic N) is 3. The van der Waals surface area contributed by atoms with Crippen molar-refractivity contribution in [1.82, 2.24) is 15.2 Å². The van der Waals surface area contributed by atoms with Crippen molar-refractivity contribution in [2.24, 2.45) is 5.92 Å². The fourth-order valence-electron chi connectivity index (χ4n) is 2.45. The molecule has 1 aliphatic carbocycles. The monoisotopic (exact) mass is 355 g/mol. The molecule has 1 aliphatic rings. The molecular formula is C16H16F3N3O3. The fourth-order valence-corrected chi connectivity index (χ4v) is 2.45. The number of benzene rings is 1. The zero-order valence-electron chi connectivity index (χ0n) is 13.6. The molecule has 0 radical (unpaired) electrons. The molecule has 3 rings (SSSR count). The number of carbonyl (C=O) groups is 1. The van der Waals surface area contributed by atoms with Crippen molar-refractivity contribution in [3.05, 3.63) is 35.7 Å². The summed E-state index contributed by atoms with van der Waals surface area (Å²) < 4.78 is 41.8. The molecule has 1 heterocycles. The number of hydrogen-bond acceptors (Lipinski definition) is 5. The topological polar surface area (TPSA) is 68.5 Å². The van der Waals surface area contributed by atoms with Gasteiger partial charge in [0.1, 0.15) is 0 Å². The molecule has 0 saturated heterocycles. The molecule has 0 bridgehead atoms. The SMILES string of the molecule is CON(C(=O)C1CC1)C(C)c1ccc(-c2noc(C(F)(F)F)n2)cc1. The maximum atomic E-state index is 12.5. The second-order valence-electron chi connectivity index (χ2n) is 5.84. The number of halogens is 3. The Kier molecular flexibility index (Phi) is 4.51. The molecule has 1 amide bonds. The lowest BCUT2D eigenvalue weighted by Crippen LogP contribution is -2.33. The number of carbonyl (C=O) groups excluding carboxylic acids is 1. The minimum atomic E-state index is -4.68. The van der Waals surface area contributed by atoms with Gasteiger partial charge < -0.3 is 4.52 Å². The minimum absolute atomic E-state index is 0.0155. The molecule has 2 aromatic rings. The standard InChI is InChI=1S/C16H16F3N3O3/c1-9(22(24-2)14(23)12-7-8-12)10-3-5-11(6-4-10)13-20-15(25-21-13)16(17,18)19/h3-6,9,12H,7-8H2,1-2H3. The smallest absolute Gasteiger partial charge is 0.329 e. The summed E-state index contributed by atoms with van der Waals surface area (Å²) in [5.74, 6) is -1.58. The highest BCUT2D eigenvalue weighted by Crippen LogP contribution is 2.34. The molecule has 0 aliphatic heterocycles. The van der Waals surface area contributed by atoms with Crippen LogP contribution in [0, 0.1) is 5.92 Å². The lowest BCUT2D eigenvalue weighted by atomic mass is 10.1. The van der Waals surface area contributed by atoms with Crippen molar-refractivity contribution in [1.29, 1.82) is 0 Å². The number of rotatable bonds is 5. The van der Waals surface area contributed by atoms with Gasteiger partial charge in [-0.3, -0.25) is 9.63 Å². The van der Waals surface area contributed by atoms with E-state index in [-0.39, 0.29) is 23.7 Å². The number of aromatic nitrogens is 2. The van der Waals surface area contributed by atoms with E-state index in [2.05, 4.69) is 14.7 Å². The van der Waals surface area contributed by atoms with Crippen LogP contribution in [0.2, 0.25) is 0 Å². The molecule has 1 unspecified atom stereocenters. The van der Waals surface area contributed by atoms with Gasteiger partial charge in [0.25, 0.3) is 0 Å². The first-order valence-electron chi connectivity index (χ1n) is 7.69. The molecule has 1 aromatic heterocycles. The summed E-state index contributed by atoms with van der Waals surface area (Å²) in [6.45, 7) is 1.81. The van der Waals surface area contributed by atoms with Crippen molar-refractivity contribution < 1.29 is 27.3 Å². The van der Waals surface area contributed by atoms with E-state index in [1.165, 1.54) is 12.2 Å². The van der Waals surface area contributed by atoms with E-state index < -0.39 is 12.1 Å². The Morgan fingerprint density at radius 3 is 2.44 bits per heavy atom. The zero-order chi connectivity index (χ0) is 18.2. The second-order valence-corrected chi connectivity index (χ2v) is 5.84. The Morgan fingerprint density at radius 1 is 1.32 bits per heavy atom. The van der Waals surface area contributed by atoms with Gasteiger partial charge in [0, 0.05) is 11.5 Å². The average molecular weight is 355 g/mol. The van der Waals surface area contributed by atoms with Crippen molar-refractivity contribution in [2.75, 3.05) is 7.11 Å². The predicted molar refractivity (Wildman–Crippen MR) is 79.7 cm³/mol. The first kappa shape index (κ1) is 17.4. The Morgan fingerprint density at radius 2 is 1.96 bits per heavy atom. The van der Waals surface area contributed by atoms with Crippen LogP contribution in [0.25, 0.3) is 11.4 Å². The first-order valence-corrected chi connectivity index (χ1v) is 7.69. The van der Waals surface area contributed by atoms with E-state index in [1.54, 1.807) is 24.3 Å². The van der Waals surface area contributed by atoms with Gasteiger partial charge in [0.05, 0.1) is 13.2 Å². The van der Waals surface area contributed by atoms with Crippen LogP contribution in [0.3, 0.4) is 0 Å². The molecule has 1 saturated carbocycles. The van der Waals surface area contributed by atoms with Crippen molar-refractivity contribution in [3.63, 3.8) is 0 Å². The van der Waals surface area contributed by atoms with E-state index in [1.807, 2.05) is 6.92 Å². The lowest BCUT2D eigenvalue weighted by Gasteiger charge is -2.27. The predicted octanol–water partition coefficient (Wildman–Crippen LogP) is 3.62. The van der Waals surface area contributed by atoms with Crippen molar-refractivity contribution >= 4 is 5.91 Å². The number of amides is 1. The van der Waals surface area contributed by atoms with Crippen LogP contribution in [0.15, 0.2) is 28.8 Å². The summed E-state index contributed by atoms with van der Waals surface area (Å²) in [5, 5.41) is 4.67. The van der Waals surface area contributed by atoms with Crippen LogP contribution in [-0.4, -0.2) is 28.2 Å². The number of hydroxylamine groups is 2. The van der Waals surface area contributed by atoms with E-state index in [4.69, 9.17) is 4.84 Å². The van der Waals surface area contributed by atoms with Gasteiger partial charge in [-0.05, 0) is 25.3 Å². The highest BCUT2D eigenvalue weighted by atomic mass is 19.4. The van der Waals surface area contributed by atoms with Gasteiger partial charge in [0.2, 0.25) is 11.7 Å². The molecule has 1 fully saturated rings. The summed E-state index contributed by atoms with van der Waals surface area (Å²) in [6.07, 6.45) is -2.95. The average Bonchev–Trinajstić information content (AvgIpc) is 3.30. The Balaban J connectivity index is 1.77. The maximum absolute atomic E-state index is 12.5. The van der Waals surface area contributed by atoms with Crippen LogP contribution in [0.4, 0.5) is 13.2 Å². The molecule has 1 atom stereocenters.